The third-order valence-corrected chi connectivity index (χ3v) is 5.81. The molecule has 1 aromatic heterocycles. The van der Waals surface area contributed by atoms with Gasteiger partial charge in [0.2, 0.25) is 5.91 Å². The van der Waals surface area contributed by atoms with E-state index in [2.05, 4.69) is 4.90 Å². The summed E-state index contributed by atoms with van der Waals surface area (Å²) in [5.74, 6) is 0.901. The van der Waals surface area contributed by atoms with E-state index < -0.39 is 12.7 Å². The van der Waals surface area contributed by atoms with Crippen molar-refractivity contribution in [2.24, 2.45) is 0 Å². The number of likely N-dealkylation sites (tertiary alicyclic amines) is 2. The summed E-state index contributed by atoms with van der Waals surface area (Å²) < 4.78 is 45.7. The molecule has 5 nitrogen and oxygen atoms in total. The van der Waals surface area contributed by atoms with Crippen LogP contribution in [0.2, 0.25) is 0 Å². The first-order valence-corrected chi connectivity index (χ1v) is 10.2. The van der Waals surface area contributed by atoms with Gasteiger partial charge in [-0.2, -0.15) is 13.2 Å². The first kappa shape index (κ1) is 20.1. The molecular weight excluding hydrogens is 383 g/mol. The van der Waals surface area contributed by atoms with Crippen LogP contribution in [0.25, 0.3) is 10.9 Å². The van der Waals surface area contributed by atoms with Crippen molar-refractivity contribution >= 4 is 16.8 Å². The molecule has 0 N–H and O–H groups in total. The normalized spacial score (nSPS) is 19.4. The van der Waals surface area contributed by atoms with Crippen LogP contribution in [0.3, 0.4) is 0 Å². The molecule has 2 aliphatic rings. The number of carbonyl (C=O) groups is 1. The number of piperidine rings is 1. The molecule has 4 rings (SSSR count). The maximum atomic E-state index is 12.8. The minimum Gasteiger partial charge on any atom is -0.490 e. The Kier molecular flexibility index (Phi) is 5.72. The number of fused-ring (bicyclic) bond motifs is 1. The quantitative estimate of drug-likeness (QED) is 0.731. The molecule has 8 heteroatoms. The summed E-state index contributed by atoms with van der Waals surface area (Å²) in [7, 11) is 0. The number of rotatable bonds is 6. The highest BCUT2D eigenvalue weighted by Gasteiger charge is 2.29. The molecule has 3 heterocycles. The molecule has 2 aliphatic heterocycles. The third-order valence-electron chi connectivity index (χ3n) is 5.81. The Labute approximate surface area is 168 Å². The molecule has 1 aromatic carbocycles. The fraction of sp³-hybridized carbons (Fsp3) is 0.571. The van der Waals surface area contributed by atoms with Crippen molar-refractivity contribution in [3.8, 4) is 5.75 Å². The second-order valence-corrected chi connectivity index (χ2v) is 7.89. The van der Waals surface area contributed by atoms with Crippen LogP contribution in [0.15, 0.2) is 30.5 Å². The standard InChI is InChI=1S/C21H26F3N3O2/c22-21(23,24)15-27-12-8-17-18(27)3-1-4-19(17)29-16-6-10-25(11-7-16)13-14-26-9-2-5-20(26)28/h1,3-4,8,12,16H,2,5-7,9-11,13-15H2. The minimum absolute atomic E-state index is 0.0521. The van der Waals surface area contributed by atoms with E-state index in [1.807, 2.05) is 11.0 Å². The Bertz CT molecular complexity index is 856. The molecule has 0 spiro atoms. The number of aromatic nitrogens is 1. The van der Waals surface area contributed by atoms with E-state index in [1.54, 1.807) is 18.2 Å². The summed E-state index contributed by atoms with van der Waals surface area (Å²) in [4.78, 5) is 16.0. The first-order valence-electron chi connectivity index (χ1n) is 10.2. The van der Waals surface area contributed by atoms with E-state index in [0.717, 1.165) is 52.0 Å². The van der Waals surface area contributed by atoms with Gasteiger partial charge in [0.05, 0.1) is 5.52 Å². The Hall–Kier alpha value is -2.22. The predicted molar refractivity (Wildman–Crippen MR) is 104 cm³/mol. The van der Waals surface area contributed by atoms with Gasteiger partial charge >= 0.3 is 6.18 Å². The van der Waals surface area contributed by atoms with Crippen LogP contribution in [0.4, 0.5) is 13.2 Å². The number of carbonyl (C=O) groups excluding carboxylic acids is 1. The molecule has 2 aromatic rings. The minimum atomic E-state index is -4.25. The number of halogens is 3. The molecule has 0 aliphatic carbocycles. The number of hydrogen-bond donors (Lipinski definition) is 0. The molecule has 158 valence electrons. The molecule has 2 fully saturated rings. The van der Waals surface area contributed by atoms with Crippen molar-refractivity contribution in [1.82, 2.24) is 14.4 Å². The Morgan fingerprint density at radius 1 is 1.07 bits per heavy atom. The van der Waals surface area contributed by atoms with Crippen molar-refractivity contribution in [3.63, 3.8) is 0 Å². The Balaban J connectivity index is 1.32. The van der Waals surface area contributed by atoms with Crippen LogP contribution in [-0.4, -0.2) is 65.3 Å². The highest BCUT2D eigenvalue weighted by molar-refractivity contribution is 5.86. The molecule has 29 heavy (non-hydrogen) atoms. The first-order chi connectivity index (χ1) is 13.9. The van der Waals surface area contributed by atoms with Crippen LogP contribution in [0.5, 0.6) is 5.75 Å². The van der Waals surface area contributed by atoms with E-state index in [-0.39, 0.29) is 12.0 Å². The van der Waals surface area contributed by atoms with Gasteiger partial charge in [-0.15, -0.1) is 0 Å². The summed E-state index contributed by atoms with van der Waals surface area (Å²) in [6, 6.07) is 6.95. The van der Waals surface area contributed by atoms with Gasteiger partial charge in [0.25, 0.3) is 0 Å². The highest BCUT2D eigenvalue weighted by atomic mass is 19.4. The lowest BCUT2D eigenvalue weighted by molar-refractivity contribution is -0.139. The van der Waals surface area contributed by atoms with Gasteiger partial charge in [0, 0.05) is 50.7 Å². The summed E-state index contributed by atoms with van der Waals surface area (Å²) in [5.41, 5.74) is 0.535. The van der Waals surface area contributed by atoms with Crippen LogP contribution in [0, 0.1) is 0 Å². The maximum Gasteiger partial charge on any atom is 0.406 e. The lowest BCUT2D eigenvalue weighted by atomic mass is 10.1. The van der Waals surface area contributed by atoms with E-state index in [4.69, 9.17) is 4.74 Å². The second kappa shape index (κ2) is 8.26. The van der Waals surface area contributed by atoms with E-state index in [9.17, 15) is 18.0 Å². The maximum absolute atomic E-state index is 12.8. The average molecular weight is 409 g/mol. The zero-order valence-electron chi connectivity index (χ0n) is 16.3. The molecule has 1 amide bonds. The van der Waals surface area contributed by atoms with E-state index in [0.29, 0.717) is 23.1 Å². The van der Waals surface area contributed by atoms with Gasteiger partial charge in [0.15, 0.2) is 0 Å². The van der Waals surface area contributed by atoms with Gasteiger partial charge in [-0.05, 0) is 37.5 Å². The van der Waals surface area contributed by atoms with Crippen LogP contribution in [-0.2, 0) is 11.3 Å². The average Bonchev–Trinajstić information content (AvgIpc) is 3.27. The fourth-order valence-corrected chi connectivity index (χ4v) is 4.26. The Morgan fingerprint density at radius 3 is 2.55 bits per heavy atom. The van der Waals surface area contributed by atoms with Crippen molar-refractivity contribution in [3.05, 3.63) is 30.5 Å². The molecule has 0 atom stereocenters. The van der Waals surface area contributed by atoms with Crippen LogP contribution < -0.4 is 4.74 Å². The third kappa shape index (κ3) is 4.86. The molecule has 0 bridgehead atoms. The van der Waals surface area contributed by atoms with Gasteiger partial charge in [-0.25, -0.2) is 0 Å². The molecule has 2 saturated heterocycles. The van der Waals surface area contributed by atoms with E-state index >= 15 is 0 Å². The summed E-state index contributed by atoms with van der Waals surface area (Å²) >= 11 is 0. The van der Waals surface area contributed by atoms with E-state index in [1.165, 1.54) is 10.8 Å². The number of amides is 1. The number of ether oxygens (including phenoxy) is 1. The van der Waals surface area contributed by atoms with Gasteiger partial charge in [-0.1, -0.05) is 6.07 Å². The van der Waals surface area contributed by atoms with Crippen molar-refractivity contribution in [1.29, 1.82) is 0 Å². The van der Waals surface area contributed by atoms with Crippen molar-refractivity contribution in [2.75, 3.05) is 32.7 Å². The van der Waals surface area contributed by atoms with Gasteiger partial charge < -0.3 is 19.1 Å². The van der Waals surface area contributed by atoms with Crippen LogP contribution in [0.1, 0.15) is 25.7 Å². The largest absolute Gasteiger partial charge is 0.490 e. The topological polar surface area (TPSA) is 37.7 Å². The zero-order valence-corrected chi connectivity index (χ0v) is 16.3. The fourth-order valence-electron chi connectivity index (χ4n) is 4.26. The SMILES string of the molecule is O=C1CCCN1CCN1CCC(Oc2cccc3c2ccn3CC(F)(F)F)CC1. The lowest BCUT2D eigenvalue weighted by Crippen LogP contribution is -2.42. The number of benzene rings is 1. The van der Waals surface area contributed by atoms with Crippen molar-refractivity contribution < 1.29 is 22.7 Å². The highest BCUT2D eigenvalue weighted by Crippen LogP contribution is 2.31. The predicted octanol–water partition coefficient (Wildman–Crippen LogP) is 3.67. The van der Waals surface area contributed by atoms with Gasteiger partial charge in [-0.3, -0.25) is 4.79 Å². The molecule has 0 radical (unpaired) electrons. The van der Waals surface area contributed by atoms with Gasteiger partial charge in [0.1, 0.15) is 18.4 Å². The summed E-state index contributed by atoms with van der Waals surface area (Å²) in [5, 5.41) is 0.715. The molecule has 0 saturated carbocycles. The molecule has 0 unspecified atom stereocenters. The van der Waals surface area contributed by atoms with Crippen molar-refractivity contribution in [2.45, 2.75) is 44.5 Å². The molecular formula is C21H26F3N3O2. The monoisotopic (exact) mass is 409 g/mol. The summed E-state index contributed by atoms with van der Waals surface area (Å²) in [6.07, 6.45) is 0.636. The smallest absolute Gasteiger partial charge is 0.406 e. The number of alkyl halides is 3. The zero-order chi connectivity index (χ0) is 20.4. The second-order valence-electron chi connectivity index (χ2n) is 7.89. The lowest BCUT2D eigenvalue weighted by Gasteiger charge is -2.33. The van der Waals surface area contributed by atoms with Crippen LogP contribution >= 0.6 is 0 Å². The number of nitrogens with zero attached hydrogens (tertiary/aromatic N) is 3. The number of hydrogen-bond acceptors (Lipinski definition) is 3. The Morgan fingerprint density at radius 2 is 1.86 bits per heavy atom. The summed E-state index contributed by atoms with van der Waals surface area (Å²) in [6.45, 7) is 3.34.